The minimum Gasteiger partial charge on any atom is -0.462 e. The van der Waals surface area contributed by atoms with Gasteiger partial charge >= 0.3 is 17.9 Å². The third-order valence-electron chi connectivity index (χ3n) is 9.90. The van der Waals surface area contributed by atoms with Crippen LogP contribution in [-0.4, -0.2) is 37.2 Å². The van der Waals surface area contributed by atoms with Gasteiger partial charge in [-0.2, -0.15) is 0 Å². The lowest BCUT2D eigenvalue weighted by atomic mass is 10.1. The number of allylic oxidation sites excluding steroid dienone is 22. The van der Waals surface area contributed by atoms with Crippen molar-refractivity contribution < 1.29 is 28.6 Å². The zero-order chi connectivity index (χ0) is 46.5. The predicted molar refractivity (Wildman–Crippen MR) is 274 cm³/mol. The molecule has 0 bridgehead atoms. The van der Waals surface area contributed by atoms with E-state index in [0.717, 1.165) is 109 Å². The van der Waals surface area contributed by atoms with Gasteiger partial charge in [-0.1, -0.05) is 199 Å². The highest BCUT2D eigenvalue weighted by Gasteiger charge is 2.19. The fraction of sp³-hybridized carbons (Fsp3) is 0.569. The summed E-state index contributed by atoms with van der Waals surface area (Å²) in [4.78, 5) is 37.8. The number of hydrogen-bond acceptors (Lipinski definition) is 6. The first-order chi connectivity index (χ1) is 31.5. The fourth-order valence-corrected chi connectivity index (χ4v) is 6.18. The Hall–Kier alpha value is -4.45. The van der Waals surface area contributed by atoms with E-state index in [1.807, 2.05) is 0 Å². The maximum atomic E-state index is 12.7. The van der Waals surface area contributed by atoms with Crippen molar-refractivity contribution in [2.75, 3.05) is 13.2 Å². The molecule has 1 atom stereocenters. The Morgan fingerprint density at radius 1 is 0.328 bits per heavy atom. The highest BCUT2D eigenvalue weighted by molar-refractivity contribution is 5.71. The second-order valence-corrected chi connectivity index (χ2v) is 16.0. The fourth-order valence-electron chi connectivity index (χ4n) is 6.18. The number of hydrogen-bond donors (Lipinski definition) is 0. The number of ether oxygens (including phenoxy) is 3. The summed E-state index contributed by atoms with van der Waals surface area (Å²) in [5.41, 5.74) is 0. The van der Waals surface area contributed by atoms with Gasteiger partial charge in [-0.05, 0) is 109 Å². The van der Waals surface area contributed by atoms with E-state index < -0.39 is 6.10 Å². The maximum Gasteiger partial charge on any atom is 0.306 e. The van der Waals surface area contributed by atoms with Crippen molar-refractivity contribution in [3.63, 3.8) is 0 Å². The van der Waals surface area contributed by atoms with E-state index >= 15 is 0 Å². The zero-order valence-electron chi connectivity index (χ0n) is 40.7. The Bertz CT molecular complexity index is 1430. The average molecular weight is 883 g/mol. The first kappa shape index (κ1) is 59.5. The lowest BCUT2D eigenvalue weighted by molar-refractivity contribution is -0.167. The van der Waals surface area contributed by atoms with Crippen LogP contribution in [0.1, 0.15) is 194 Å². The zero-order valence-corrected chi connectivity index (χ0v) is 40.7. The van der Waals surface area contributed by atoms with Crippen molar-refractivity contribution in [1.29, 1.82) is 0 Å². The minimum absolute atomic E-state index is 0.119. The summed E-state index contributed by atoms with van der Waals surface area (Å²) in [6.07, 6.45) is 71.7. The molecule has 0 heterocycles. The molecule has 0 rings (SSSR count). The molecule has 6 nitrogen and oxygen atoms in total. The summed E-state index contributed by atoms with van der Waals surface area (Å²) in [7, 11) is 0. The average Bonchev–Trinajstić information content (AvgIpc) is 3.29. The normalized spacial score (nSPS) is 13.2. The second-order valence-electron chi connectivity index (χ2n) is 16.0. The van der Waals surface area contributed by atoms with Gasteiger partial charge in [0.2, 0.25) is 0 Å². The smallest absolute Gasteiger partial charge is 0.306 e. The SMILES string of the molecule is CC/C=C\C/C=C\C/C=C\C/C=C\C/C=C\C/C=C\CCCCC(=O)OCC(COC(=O)CCCCCCCCCC)OC(=O)CCC/C=C\C/C=C\C/C=C\C/C=C\C/C=C\CC. The van der Waals surface area contributed by atoms with Crippen LogP contribution in [0.2, 0.25) is 0 Å². The van der Waals surface area contributed by atoms with Gasteiger partial charge in [0.25, 0.3) is 0 Å². The third-order valence-corrected chi connectivity index (χ3v) is 9.90. The van der Waals surface area contributed by atoms with E-state index in [1.54, 1.807) is 0 Å². The summed E-state index contributed by atoms with van der Waals surface area (Å²) >= 11 is 0. The van der Waals surface area contributed by atoms with Crippen molar-refractivity contribution in [2.24, 2.45) is 0 Å². The van der Waals surface area contributed by atoms with E-state index in [9.17, 15) is 14.4 Å². The van der Waals surface area contributed by atoms with E-state index in [4.69, 9.17) is 14.2 Å². The molecule has 358 valence electrons. The van der Waals surface area contributed by atoms with Crippen LogP contribution < -0.4 is 0 Å². The van der Waals surface area contributed by atoms with Crippen molar-refractivity contribution in [1.82, 2.24) is 0 Å². The van der Waals surface area contributed by atoms with Gasteiger partial charge in [-0.3, -0.25) is 14.4 Å². The summed E-state index contributed by atoms with van der Waals surface area (Å²) in [6.45, 7) is 6.26. The van der Waals surface area contributed by atoms with Gasteiger partial charge in [0.1, 0.15) is 13.2 Å². The summed E-state index contributed by atoms with van der Waals surface area (Å²) in [5.74, 6) is -1.04. The van der Waals surface area contributed by atoms with Crippen LogP contribution in [0.4, 0.5) is 0 Å². The molecule has 0 aliphatic rings. The molecule has 0 saturated heterocycles. The van der Waals surface area contributed by atoms with Gasteiger partial charge < -0.3 is 14.2 Å². The highest BCUT2D eigenvalue weighted by Crippen LogP contribution is 2.11. The molecule has 1 unspecified atom stereocenters. The molecule has 0 aliphatic carbocycles. The van der Waals surface area contributed by atoms with E-state index in [-0.39, 0.29) is 44.0 Å². The number of carbonyl (C=O) groups excluding carboxylic acids is 3. The van der Waals surface area contributed by atoms with Crippen molar-refractivity contribution in [3.8, 4) is 0 Å². The maximum absolute atomic E-state index is 12.7. The van der Waals surface area contributed by atoms with Crippen molar-refractivity contribution >= 4 is 17.9 Å². The van der Waals surface area contributed by atoms with Gasteiger partial charge in [-0.15, -0.1) is 0 Å². The van der Waals surface area contributed by atoms with Crippen LogP contribution in [0.5, 0.6) is 0 Å². The van der Waals surface area contributed by atoms with Gasteiger partial charge in [-0.25, -0.2) is 0 Å². The lowest BCUT2D eigenvalue weighted by Crippen LogP contribution is -2.30. The van der Waals surface area contributed by atoms with Crippen LogP contribution in [0, 0.1) is 0 Å². The molecular weight excluding hydrogens is 793 g/mol. The molecule has 0 aromatic heterocycles. The quantitative estimate of drug-likeness (QED) is 0.0263. The molecule has 0 fully saturated rings. The Kier molecular flexibility index (Phi) is 47.6. The standard InChI is InChI=1S/C58H90O6/c1-4-7-10-13-16-19-21-23-25-27-28-29-30-32-33-35-37-39-42-45-48-51-57(60)63-54-55(53-62-56(59)50-47-44-41-18-15-12-9-6-3)64-58(61)52-49-46-43-40-38-36-34-31-26-24-22-20-17-14-11-8-5-2/h7-8,10-11,16-17,19-20,23-26,28-29,32-34,36-37,39-40,43,55H,4-6,9,12-15,18,21-22,27,30-31,35,38,41-42,44-54H2,1-3H3/b10-7-,11-8-,19-16-,20-17-,25-23-,26-24-,29-28-,33-32-,36-34-,39-37-,43-40-. The molecule has 0 aliphatic heterocycles. The first-order valence-corrected chi connectivity index (χ1v) is 25.2. The largest absolute Gasteiger partial charge is 0.462 e. The molecule has 0 saturated carbocycles. The van der Waals surface area contributed by atoms with Gasteiger partial charge in [0.05, 0.1) is 0 Å². The van der Waals surface area contributed by atoms with E-state index in [0.29, 0.717) is 19.3 Å². The Labute approximate surface area is 392 Å². The van der Waals surface area contributed by atoms with Crippen LogP contribution >= 0.6 is 0 Å². The van der Waals surface area contributed by atoms with Crippen molar-refractivity contribution in [2.45, 2.75) is 200 Å². The van der Waals surface area contributed by atoms with Crippen LogP contribution in [0.25, 0.3) is 0 Å². The molecule has 0 radical (unpaired) electrons. The van der Waals surface area contributed by atoms with Crippen LogP contribution in [0.3, 0.4) is 0 Å². The number of carbonyl (C=O) groups is 3. The molecule has 64 heavy (non-hydrogen) atoms. The monoisotopic (exact) mass is 883 g/mol. The first-order valence-electron chi connectivity index (χ1n) is 25.2. The second kappa shape index (κ2) is 51.2. The summed E-state index contributed by atoms with van der Waals surface area (Å²) in [6, 6.07) is 0. The summed E-state index contributed by atoms with van der Waals surface area (Å²) in [5, 5.41) is 0. The third kappa shape index (κ3) is 48.6. The summed E-state index contributed by atoms with van der Waals surface area (Å²) < 4.78 is 16.6. The molecule has 0 N–H and O–H groups in total. The Balaban J connectivity index is 4.50. The molecular formula is C58H90O6. The van der Waals surface area contributed by atoms with Crippen molar-refractivity contribution in [3.05, 3.63) is 134 Å². The minimum atomic E-state index is -0.827. The highest BCUT2D eigenvalue weighted by atomic mass is 16.6. The number of esters is 3. The molecule has 0 aromatic carbocycles. The molecule has 6 heteroatoms. The van der Waals surface area contributed by atoms with Crippen LogP contribution in [-0.2, 0) is 28.6 Å². The van der Waals surface area contributed by atoms with Gasteiger partial charge in [0, 0.05) is 19.3 Å². The molecule has 0 aromatic rings. The Morgan fingerprint density at radius 2 is 0.625 bits per heavy atom. The lowest BCUT2D eigenvalue weighted by Gasteiger charge is -2.18. The molecule has 0 spiro atoms. The number of unbranched alkanes of at least 4 members (excludes halogenated alkanes) is 10. The van der Waals surface area contributed by atoms with E-state index in [1.165, 1.54) is 32.1 Å². The Morgan fingerprint density at radius 3 is 1.00 bits per heavy atom. The van der Waals surface area contributed by atoms with E-state index in [2.05, 4.69) is 154 Å². The van der Waals surface area contributed by atoms with Crippen LogP contribution in [0.15, 0.2) is 134 Å². The predicted octanol–water partition coefficient (Wildman–Crippen LogP) is 16.7. The molecule has 0 amide bonds. The topological polar surface area (TPSA) is 78.9 Å². The van der Waals surface area contributed by atoms with Gasteiger partial charge in [0.15, 0.2) is 6.10 Å². The number of rotatable bonds is 43.